The summed E-state index contributed by atoms with van der Waals surface area (Å²) in [4.78, 5) is 10.6. The first-order valence-corrected chi connectivity index (χ1v) is 6.10. The highest BCUT2D eigenvalue weighted by Crippen LogP contribution is 2.25. The number of anilines is 1. The summed E-state index contributed by atoms with van der Waals surface area (Å²) in [6.07, 6.45) is -0.423. The van der Waals surface area contributed by atoms with Crippen LogP contribution < -0.4 is 5.32 Å². The fourth-order valence-electron chi connectivity index (χ4n) is 1.08. The Balaban J connectivity index is 3.17. The van der Waals surface area contributed by atoms with Crippen LogP contribution in [0, 0.1) is 11.3 Å². The van der Waals surface area contributed by atoms with E-state index in [1.54, 1.807) is 6.07 Å². The maximum Gasteiger partial charge on any atom is 0.296 e. The zero-order valence-corrected chi connectivity index (χ0v) is 9.92. The Morgan fingerprint density at radius 1 is 1.53 bits per heavy atom. The predicted octanol–water partition coefficient (Wildman–Crippen LogP) is 1.44. The summed E-state index contributed by atoms with van der Waals surface area (Å²) in [7, 11) is -4.50. The number of benzene rings is 1. The topological polar surface area (TPSA) is 107 Å². The molecule has 0 aliphatic carbocycles. The number of nitriles is 1. The fraction of sp³-hybridized carbons (Fsp3) is 0.111. The molecule has 2 N–H and O–H groups in total. The van der Waals surface area contributed by atoms with E-state index in [1.165, 1.54) is 12.1 Å². The first-order chi connectivity index (χ1) is 7.84. The van der Waals surface area contributed by atoms with Crippen molar-refractivity contribution in [2.75, 3.05) is 5.32 Å². The van der Waals surface area contributed by atoms with Crippen molar-refractivity contribution in [2.24, 2.45) is 0 Å². The standard InChI is InChI=1S/C9H7ClN2O4S/c10-6-1-2-7(12-9(13)3-4-11)8(5-6)17(14,15)16/h1-2,5H,3H2,(H,12,13)(H,14,15,16). The van der Waals surface area contributed by atoms with Crippen LogP contribution >= 0.6 is 11.6 Å². The van der Waals surface area contributed by atoms with Gasteiger partial charge >= 0.3 is 0 Å². The van der Waals surface area contributed by atoms with Crippen LogP contribution in [0.4, 0.5) is 5.69 Å². The minimum absolute atomic E-state index is 0.0934. The summed E-state index contributed by atoms with van der Waals surface area (Å²) in [6.45, 7) is 0. The molecule has 0 bridgehead atoms. The lowest BCUT2D eigenvalue weighted by atomic mass is 10.3. The van der Waals surface area contributed by atoms with Gasteiger partial charge < -0.3 is 5.32 Å². The molecule has 8 heteroatoms. The van der Waals surface area contributed by atoms with E-state index in [1.807, 2.05) is 0 Å². The third-order valence-electron chi connectivity index (χ3n) is 1.74. The molecule has 1 amide bonds. The lowest BCUT2D eigenvalue weighted by molar-refractivity contribution is -0.115. The largest absolute Gasteiger partial charge is 0.324 e. The van der Waals surface area contributed by atoms with Gasteiger partial charge in [0.2, 0.25) is 5.91 Å². The van der Waals surface area contributed by atoms with E-state index in [-0.39, 0.29) is 10.7 Å². The van der Waals surface area contributed by atoms with Crippen LogP contribution in [0.1, 0.15) is 6.42 Å². The third-order valence-corrected chi connectivity index (χ3v) is 2.86. The number of halogens is 1. The number of nitrogens with one attached hydrogen (secondary N) is 1. The van der Waals surface area contributed by atoms with E-state index in [2.05, 4.69) is 5.32 Å². The van der Waals surface area contributed by atoms with Gasteiger partial charge in [-0.05, 0) is 18.2 Å². The molecular weight excluding hydrogens is 268 g/mol. The molecule has 6 nitrogen and oxygen atoms in total. The predicted molar refractivity (Wildman–Crippen MR) is 60.1 cm³/mol. The average Bonchev–Trinajstić information content (AvgIpc) is 2.19. The van der Waals surface area contributed by atoms with E-state index in [9.17, 15) is 13.2 Å². The van der Waals surface area contributed by atoms with Crippen LogP contribution in [-0.4, -0.2) is 18.9 Å². The zero-order chi connectivity index (χ0) is 13.1. The lowest BCUT2D eigenvalue weighted by Crippen LogP contribution is -2.13. The highest BCUT2D eigenvalue weighted by molar-refractivity contribution is 7.86. The van der Waals surface area contributed by atoms with Gasteiger partial charge in [0.15, 0.2) is 0 Å². The first-order valence-electron chi connectivity index (χ1n) is 4.28. The molecule has 90 valence electrons. The van der Waals surface area contributed by atoms with Crippen LogP contribution in [0.25, 0.3) is 0 Å². The van der Waals surface area contributed by atoms with Crippen molar-refractivity contribution in [3.05, 3.63) is 23.2 Å². The van der Waals surface area contributed by atoms with Crippen LogP contribution in [-0.2, 0) is 14.9 Å². The molecule has 0 saturated carbocycles. The molecule has 0 aliphatic heterocycles. The second-order valence-electron chi connectivity index (χ2n) is 3.00. The molecule has 0 saturated heterocycles. The summed E-state index contributed by atoms with van der Waals surface area (Å²) in [5, 5.41) is 10.6. The number of carbonyl (C=O) groups excluding carboxylic acids is 1. The summed E-state index contributed by atoms with van der Waals surface area (Å²) in [6, 6.07) is 5.17. The Hall–Kier alpha value is -1.62. The van der Waals surface area contributed by atoms with Gasteiger partial charge in [-0.2, -0.15) is 13.7 Å². The van der Waals surface area contributed by atoms with Crippen LogP contribution in [0.3, 0.4) is 0 Å². The Kier molecular flexibility index (Phi) is 4.07. The number of rotatable bonds is 3. The molecule has 1 rings (SSSR count). The maximum absolute atomic E-state index is 11.1. The maximum atomic E-state index is 11.1. The van der Waals surface area contributed by atoms with Crippen molar-refractivity contribution in [2.45, 2.75) is 11.3 Å². The molecule has 0 unspecified atom stereocenters. The minimum atomic E-state index is -4.50. The highest BCUT2D eigenvalue weighted by Gasteiger charge is 2.17. The number of hydrogen-bond acceptors (Lipinski definition) is 4. The van der Waals surface area contributed by atoms with Crippen LogP contribution in [0.5, 0.6) is 0 Å². The molecule has 0 spiro atoms. The van der Waals surface area contributed by atoms with Gasteiger partial charge in [-0.3, -0.25) is 9.35 Å². The van der Waals surface area contributed by atoms with E-state index < -0.39 is 27.3 Å². The van der Waals surface area contributed by atoms with E-state index in [0.29, 0.717) is 0 Å². The molecule has 0 aromatic heterocycles. The summed E-state index contributed by atoms with van der Waals surface area (Å²) < 4.78 is 31.0. The monoisotopic (exact) mass is 274 g/mol. The van der Waals surface area contributed by atoms with Crippen molar-refractivity contribution in [3.63, 3.8) is 0 Å². The molecule has 17 heavy (non-hydrogen) atoms. The second kappa shape index (κ2) is 5.14. The number of hydrogen-bond donors (Lipinski definition) is 2. The van der Waals surface area contributed by atoms with Crippen molar-refractivity contribution in [3.8, 4) is 6.07 Å². The molecule has 0 fully saturated rings. The Morgan fingerprint density at radius 2 is 2.18 bits per heavy atom. The minimum Gasteiger partial charge on any atom is -0.324 e. The smallest absolute Gasteiger partial charge is 0.296 e. The Morgan fingerprint density at radius 3 is 2.71 bits per heavy atom. The first kappa shape index (κ1) is 13.4. The van der Waals surface area contributed by atoms with Gasteiger partial charge in [0, 0.05) is 5.02 Å². The molecule has 0 aliphatic rings. The van der Waals surface area contributed by atoms with Gasteiger partial charge in [-0.1, -0.05) is 11.6 Å². The van der Waals surface area contributed by atoms with E-state index in [0.717, 1.165) is 6.07 Å². The van der Waals surface area contributed by atoms with E-state index in [4.69, 9.17) is 21.4 Å². The van der Waals surface area contributed by atoms with Crippen molar-refractivity contribution in [1.82, 2.24) is 0 Å². The molecule has 0 radical (unpaired) electrons. The van der Waals surface area contributed by atoms with Crippen molar-refractivity contribution >= 4 is 33.3 Å². The normalized spacial score (nSPS) is 10.6. The average molecular weight is 275 g/mol. The van der Waals surface area contributed by atoms with Gasteiger partial charge in [0.1, 0.15) is 11.3 Å². The molecule has 1 aromatic carbocycles. The number of carbonyl (C=O) groups is 1. The second-order valence-corrected chi connectivity index (χ2v) is 4.83. The SMILES string of the molecule is N#CCC(=O)Nc1ccc(Cl)cc1S(=O)(=O)O. The Labute approximate surface area is 103 Å². The van der Waals surface area contributed by atoms with Gasteiger partial charge in [0.05, 0.1) is 11.8 Å². The number of nitrogens with zero attached hydrogens (tertiary/aromatic N) is 1. The van der Waals surface area contributed by atoms with Gasteiger partial charge in [-0.25, -0.2) is 0 Å². The summed E-state index contributed by atoms with van der Waals surface area (Å²) in [5.41, 5.74) is -0.128. The van der Waals surface area contributed by atoms with Gasteiger partial charge in [-0.15, -0.1) is 0 Å². The number of amides is 1. The zero-order valence-electron chi connectivity index (χ0n) is 8.34. The molecular formula is C9H7ClN2O4S. The van der Waals surface area contributed by atoms with Gasteiger partial charge in [0.25, 0.3) is 10.1 Å². The van der Waals surface area contributed by atoms with Crippen molar-refractivity contribution < 1.29 is 17.8 Å². The molecule has 1 aromatic rings. The lowest BCUT2D eigenvalue weighted by Gasteiger charge is -2.08. The third kappa shape index (κ3) is 3.71. The van der Waals surface area contributed by atoms with E-state index >= 15 is 0 Å². The fourth-order valence-corrected chi connectivity index (χ4v) is 1.99. The van der Waals surface area contributed by atoms with Crippen molar-refractivity contribution in [1.29, 1.82) is 5.26 Å². The molecule has 0 atom stereocenters. The van der Waals surface area contributed by atoms with Crippen LogP contribution in [0.2, 0.25) is 5.02 Å². The highest BCUT2D eigenvalue weighted by atomic mass is 35.5. The quantitative estimate of drug-likeness (QED) is 0.811. The summed E-state index contributed by atoms with van der Waals surface area (Å²) >= 11 is 5.58. The van der Waals surface area contributed by atoms with Crippen LogP contribution in [0.15, 0.2) is 23.1 Å². The Bertz CT molecular complexity index is 592. The summed E-state index contributed by atoms with van der Waals surface area (Å²) in [5.74, 6) is -0.681. The molecule has 0 heterocycles.